The summed E-state index contributed by atoms with van der Waals surface area (Å²) in [5, 5.41) is 0.219. The van der Waals surface area contributed by atoms with Crippen LogP contribution < -0.4 is 4.74 Å². The summed E-state index contributed by atoms with van der Waals surface area (Å²) in [6, 6.07) is 0.374. The number of hydrogen-bond donors (Lipinski definition) is 1. The molecule has 0 aliphatic rings. The predicted octanol–water partition coefficient (Wildman–Crippen LogP) is 1.74. The van der Waals surface area contributed by atoms with Crippen LogP contribution in [0.3, 0.4) is 0 Å². The van der Waals surface area contributed by atoms with E-state index in [1.165, 1.54) is 12.7 Å². The molecule has 14 heavy (non-hydrogen) atoms. The monoisotopic (exact) mass is 213 g/mol. The summed E-state index contributed by atoms with van der Waals surface area (Å²) in [5.74, 6) is 0. The van der Waals surface area contributed by atoms with Crippen LogP contribution in [0, 0.1) is 0 Å². The summed E-state index contributed by atoms with van der Waals surface area (Å²) in [5.41, 5.74) is 0. The van der Waals surface area contributed by atoms with Crippen molar-refractivity contribution in [2.75, 3.05) is 0 Å². The molecule has 1 aromatic rings. The number of ether oxygens (including phenoxy) is 1. The number of nitrogens with zero attached hydrogens (tertiary/aromatic N) is 3. The van der Waals surface area contributed by atoms with Gasteiger partial charge in [0, 0.05) is 5.25 Å². The number of rotatable bonds is 5. The summed E-state index contributed by atoms with van der Waals surface area (Å²) in [4.78, 5) is 11.5. The normalized spacial score (nSPS) is 14.8. The zero-order valence-corrected chi connectivity index (χ0v) is 9.32. The van der Waals surface area contributed by atoms with E-state index < -0.39 is 0 Å². The fourth-order valence-electron chi connectivity index (χ4n) is 1.12. The highest BCUT2D eigenvalue weighted by molar-refractivity contribution is 7.81. The van der Waals surface area contributed by atoms with Gasteiger partial charge in [0.2, 0.25) is 0 Å². The number of thiol groups is 1. The van der Waals surface area contributed by atoms with Crippen LogP contribution in [-0.2, 0) is 0 Å². The van der Waals surface area contributed by atoms with Gasteiger partial charge in [0.25, 0.3) is 0 Å². The van der Waals surface area contributed by atoms with E-state index in [0.717, 1.165) is 12.8 Å². The van der Waals surface area contributed by atoms with E-state index in [0.29, 0.717) is 6.01 Å². The molecular weight excluding hydrogens is 198 g/mol. The molecule has 2 atom stereocenters. The quantitative estimate of drug-likeness (QED) is 0.757. The van der Waals surface area contributed by atoms with Crippen LogP contribution in [0.4, 0.5) is 0 Å². The van der Waals surface area contributed by atoms with Crippen LogP contribution >= 0.6 is 12.6 Å². The molecule has 0 N–H and O–H groups in total. The molecule has 78 valence electrons. The Morgan fingerprint density at radius 1 is 1.29 bits per heavy atom. The molecule has 0 radical (unpaired) electrons. The lowest BCUT2D eigenvalue weighted by atomic mass is 10.1. The molecule has 0 aromatic carbocycles. The first kappa shape index (κ1) is 11.2. The second kappa shape index (κ2) is 5.80. The van der Waals surface area contributed by atoms with Gasteiger partial charge < -0.3 is 4.74 Å². The van der Waals surface area contributed by atoms with Gasteiger partial charge in [0.05, 0.1) is 0 Å². The zero-order chi connectivity index (χ0) is 10.4. The Morgan fingerprint density at radius 3 is 2.43 bits per heavy atom. The van der Waals surface area contributed by atoms with Crippen molar-refractivity contribution in [3.63, 3.8) is 0 Å². The second-order valence-corrected chi connectivity index (χ2v) is 3.62. The lowest BCUT2D eigenvalue weighted by Gasteiger charge is -2.20. The van der Waals surface area contributed by atoms with Crippen LogP contribution in [0.1, 0.15) is 26.7 Å². The van der Waals surface area contributed by atoms with Crippen LogP contribution in [0.25, 0.3) is 0 Å². The molecule has 0 spiro atoms. The number of hydrogen-bond acceptors (Lipinski definition) is 5. The molecule has 4 nitrogen and oxygen atoms in total. The van der Waals surface area contributed by atoms with E-state index in [-0.39, 0.29) is 11.4 Å². The third-order valence-corrected chi connectivity index (χ3v) is 2.67. The molecule has 0 saturated heterocycles. The van der Waals surface area contributed by atoms with Crippen LogP contribution in [0.5, 0.6) is 6.01 Å². The molecule has 1 heterocycles. The topological polar surface area (TPSA) is 47.9 Å². The molecule has 1 rings (SSSR count). The van der Waals surface area contributed by atoms with E-state index in [1.807, 2.05) is 0 Å². The lowest BCUT2D eigenvalue weighted by molar-refractivity contribution is 0.175. The van der Waals surface area contributed by atoms with Crippen molar-refractivity contribution in [2.45, 2.75) is 38.0 Å². The Labute approximate surface area is 89.5 Å². The van der Waals surface area contributed by atoms with Crippen LogP contribution in [0.15, 0.2) is 12.7 Å². The van der Waals surface area contributed by atoms with Crippen molar-refractivity contribution in [1.29, 1.82) is 0 Å². The Morgan fingerprint density at radius 2 is 1.93 bits per heavy atom. The molecule has 0 amide bonds. The summed E-state index contributed by atoms with van der Waals surface area (Å²) in [7, 11) is 0. The van der Waals surface area contributed by atoms with Crippen LogP contribution in [0.2, 0.25) is 0 Å². The fourth-order valence-corrected chi connectivity index (χ4v) is 1.39. The minimum Gasteiger partial charge on any atom is -0.459 e. The molecule has 2 unspecified atom stereocenters. The van der Waals surface area contributed by atoms with Gasteiger partial charge in [0.15, 0.2) is 0 Å². The Bertz CT molecular complexity index is 257. The molecule has 0 fully saturated rings. The average molecular weight is 213 g/mol. The smallest absolute Gasteiger partial charge is 0.319 e. The van der Waals surface area contributed by atoms with Crippen molar-refractivity contribution in [2.24, 2.45) is 0 Å². The van der Waals surface area contributed by atoms with Crippen LogP contribution in [-0.4, -0.2) is 26.3 Å². The van der Waals surface area contributed by atoms with Gasteiger partial charge in [-0.2, -0.15) is 22.6 Å². The van der Waals surface area contributed by atoms with Gasteiger partial charge in [-0.05, 0) is 12.8 Å². The zero-order valence-electron chi connectivity index (χ0n) is 8.42. The molecular formula is C9H15N3OS. The third kappa shape index (κ3) is 3.14. The Balaban J connectivity index is 2.57. The highest BCUT2D eigenvalue weighted by Crippen LogP contribution is 2.15. The van der Waals surface area contributed by atoms with Gasteiger partial charge in [-0.15, -0.1) is 0 Å². The average Bonchev–Trinajstić information content (AvgIpc) is 2.26. The maximum Gasteiger partial charge on any atom is 0.319 e. The van der Waals surface area contributed by atoms with Crippen molar-refractivity contribution in [3.8, 4) is 6.01 Å². The Kier molecular flexibility index (Phi) is 4.65. The van der Waals surface area contributed by atoms with Gasteiger partial charge in [-0.25, -0.2) is 4.98 Å². The molecule has 0 aliphatic carbocycles. The molecule has 5 heteroatoms. The van der Waals surface area contributed by atoms with E-state index in [4.69, 9.17) is 4.74 Å². The maximum atomic E-state index is 5.58. The minimum absolute atomic E-state index is 0.0609. The first-order valence-corrected chi connectivity index (χ1v) is 5.26. The summed E-state index contributed by atoms with van der Waals surface area (Å²) in [6.07, 6.45) is 4.77. The highest BCUT2D eigenvalue weighted by atomic mass is 32.1. The maximum absolute atomic E-state index is 5.58. The minimum atomic E-state index is 0.0609. The van der Waals surface area contributed by atoms with Gasteiger partial charge in [0.1, 0.15) is 18.8 Å². The third-order valence-electron chi connectivity index (χ3n) is 1.98. The van der Waals surface area contributed by atoms with Gasteiger partial charge >= 0.3 is 6.01 Å². The van der Waals surface area contributed by atoms with Gasteiger partial charge in [-0.1, -0.05) is 13.8 Å². The first-order chi connectivity index (χ1) is 6.77. The SMILES string of the molecule is CCC(S)C(CC)Oc1ncncn1. The lowest BCUT2D eigenvalue weighted by Crippen LogP contribution is -2.27. The second-order valence-electron chi connectivity index (χ2n) is 2.96. The van der Waals surface area contributed by atoms with E-state index in [2.05, 4.69) is 41.4 Å². The largest absolute Gasteiger partial charge is 0.459 e. The predicted molar refractivity (Wildman–Crippen MR) is 57.6 cm³/mol. The van der Waals surface area contributed by atoms with Crippen molar-refractivity contribution in [3.05, 3.63) is 12.7 Å². The molecule has 1 aromatic heterocycles. The molecule has 0 bridgehead atoms. The highest BCUT2D eigenvalue weighted by Gasteiger charge is 2.17. The standard InChI is InChI=1S/C9H15N3OS/c1-3-7(8(14)4-2)13-9-11-5-10-6-12-9/h5-8,14H,3-4H2,1-2H3. The van der Waals surface area contributed by atoms with E-state index in [1.54, 1.807) is 0 Å². The number of aromatic nitrogens is 3. The first-order valence-electron chi connectivity index (χ1n) is 4.74. The van der Waals surface area contributed by atoms with Crippen molar-refractivity contribution in [1.82, 2.24) is 15.0 Å². The Hall–Kier alpha value is -0.840. The fraction of sp³-hybridized carbons (Fsp3) is 0.667. The summed E-state index contributed by atoms with van der Waals surface area (Å²) >= 11 is 4.44. The van der Waals surface area contributed by atoms with Gasteiger partial charge in [-0.3, -0.25) is 0 Å². The van der Waals surface area contributed by atoms with E-state index in [9.17, 15) is 0 Å². The summed E-state index contributed by atoms with van der Waals surface area (Å²) in [6.45, 7) is 4.14. The molecule has 0 saturated carbocycles. The van der Waals surface area contributed by atoms with Crippen molar-refractivity contribution >= 4 is 12.6 Å². The molecule has 0 aliphatic heterocycles. The van der Waals surface area contributed by atoms with E-state index >= 15 is 0 Å². The summed E-state index contributed by atoms with van der Waals surface area (Å²) < 4.78 is 5.58. The van der Waals surface area contributed by atoms with Crippen molar-refractivity contribution < 1.29 is 4.74 Å².